The zero-order valence-electron chi connectivity index (χ0n) is 16.5. The van der Waals surface area contributed by atoms with Gasteiger partial charge in [-0.25, -0.2) is 0 Å². The van der Waals surface area contributed by atoms with Gasteiger partial charge in [-0.1, -0.05) is 49.4 Å². The Bertz CT molecular complexity index is 700. The Balaban J connectivity index is 0.00000280. The maximum absolute atomic E-state index is 12.2. The van der Waals surface area contributed by atoms with Crippen LogP contribution in [0.2, 0.25) is 0 Å². The molecule has 3 rings (SSSR count). The normalized spacial score (nSPS) is 17.2. The summed E-state index contributed by atoms with van der Waals surface area (Å²) in [4.78, 5) is 12.2. The third-order valence-electron chi connectivity index (χ3n) is 5.31. The smallest absolute Gasteiger partial charge is 0.220 e. The van der Waals surface area contributed by atoms with E-state index in [0.717, 1.165) is 30.0 Å². The second-order valence-electron chi connectivity index (χ2n) is 7.48. The molecule has 1 saturated heterocycles. The number of carbonyl (C=O) groups excluding carboxylic acids is 1. The third-order valence-corrected chi connectivity index (χ3v) is 5.31. The first-order chi connectivity index (χ1) is 13.2. The Morgan fingerprint density at radius 1 is 1.14 bits per heavy atom. The SMILES string of the molecule is CC(CC(=O)NCc1ccc(COc2ccccc2)cc1)C1CCCNC1.Cl. The van der Waals surface area contributed by atoms with E-state index in [1.54, 1.807) is 0 Å². The van der Waals surface area contributed by atoms with Crippen molar-refractivity contribution >= 4 is 18.3 Å². The van der Waals surface area contributed by atoms with Crippen LogP contribution in [0.4, 0.5) is 0 Å². The number of para-hydroxylation sites is 1. The highest BCUT2D eigenvalue weighted by Crippen LogP contribution is 2.22. The lowest BCUT2D eigenvalue weighted by Gasteiger charge is -2.28. The van der Waals surface area contributed by atoms with Crippen molar-refractivity contribution in [3.63, 3.8) is 0 Å². The van der Waals surface area contributed by atoms with E-state index in [9.17, 15) is 4.79 Å². The fourth-order valence-electron chi connectivity index (χ4n) is 3.53. The van der Waals surface area contributed by atoms with Gasteiger partial charge in [0.2, 0.25) is 5.91 Å². The second-order valence-corrected chi connectivity index (χ2v) is 7.48. The molecule has 0 aliphatic carbocycles. The first-order valence-electron chi connectivity index (χ1n) is 9.94. The molecule has 2 aromatic carbocycles. The maximum Gasteiger partial charge on any atom is 0.220 e. The van der Waals surface area contributed by atoms with E-state index >= 15 is 0 Å². The van der Waals surface area contributed by atoms with Gasteiger partial charge in [-0.2, -0.15) is 0 Å². The van der Waals surface area contributed by atoms with E-state index in [1.807, 2.05) is 30.3 Å². The summed E-state index contributed by atoms with van der Waals surface area (Å²) in [6.07, 6.45) is 3.06. The summed E-state index contributed by atoms with van der Waals surface area (Å²) in [7, 11) is 0. The molecule has 2 atom stereocenters. The minimum Gasteiger partial charge on any atom is -0.489 e. The van der Waals surface area contributed by atoms with Crippen molar-refractivity contribution in [2.75, 3.05) is 13.1 Å². The molecule has 2 N–H and O–H groups in total. The van der Waals surface area contributed by atoms with Crippen LogP contribution >= 0.6 is 12.4 Å². The van der Waals surface area contributed by atoms with Crippen molar-refractivity contribution in [1.82, 2.24) is 10.6 Å². The first-order valence-corrected chi connectivity index (χ1v) is 9.94. The Morgan fingerprint density at radius 2 is 1.86 bits per heavy atom. The van der Waals surface area contributed by atoms with Crippen LogP contribution in [0.3, 0.4) is 0 Å². The molecule has 1 aliphatic rings. The van der Waals surface area contributed by atoms with Gasteiger partial charge in [0.15, 0.2) is 0 Å². The average molecular weight is 403 g/mol. The minimum atomic E-state index is 0. The summed E-state index contributed by atoms with van der Waals surface area (Å²) in [6, 6.07) is 18.0. The van der Waals surface area contributed by atoms with Crippen LogP contribution in [0, 0.1) is 11.8 Å². The molecule has 0 spiro atoms. The van der Waals surface area contributed by atoms with Crippen LogP contribution in [0.25, 0.3) is 0 Å². The van der Waals surface area contributed by atoms with Gasteiger partial charge < -0.3 is 15.4 Å². The van der Waals surface area contributed by atoms with E-state index in [4.69, 9.17) is 4.74 Å². The quantitative estimate of drug-likeness (QED) is 0.690. The summed E-state index contributed by atoms with van der Waals surface area (Å²) in [6.45, 7) is 5.47. The molecule has 1 heterocycles. The number of amides is 1. The zero-order chi connectivity index (χ0) is 18.9. The van der Waals surface area contributed by atoms with Gasteiger partial charge in [0.25, 0.3) is 0 Å². The Labute approximate surface area is 174 Å². The number of piperidine rings is 1. The van der Waals surface area contributed by atoms with Crippen LogP contribution in [0.15, 0.2) is 54.6 Å². The zero-order valence-corrected chi connectivity index (χ0v) is 17.3. The number of hydrogen-bond donors (Lipinski definition) is 2. The molecule has 1 aliphatic heterocycles. The molecule has 152 valence electrons. The summed E-state index contributed by atoms with van der Waals surface area (Å²) in [5, 5.41) is 6.49. The molecule has 28 heavy (non-hydrogen) atoms. The van der Waals surface area contributed by atoms with E-state index < -0.39 is 0 Å². The van der Waals surface area contributed by atoms with Crippen LogP contribution in [0.1, 0.15) is 37.3 Å². The fourth-order valence-corrected chi connectivity index (χ4v) is 3.53. The number of nitrogens with one attached hydrogen (secondary N) is 2. The first kappa shape index (κ1) is 22.3. The fraction of sp³-hybridized carbons (Fsp3) is 0.435. The molecular weight excluding hydrogens is 372 g/mol. The summed E-state index contributed by atoms with van der Waals surface area (Å²) in [5.41, 5.74) is 2.23. The lowest BCUT2D eigenvalue weighted by atomic mass is 9.85. The third kappa shape index (κ3) is 7.17. The van der Waals surface area contributed by atoms with Crippen molar-refractivity contribution in [2.45, 2.75) is 39.3 Å². The van der Waals surface area contributed by atoms with Gasteiger partial charge >= 0.3 is 0 Å². The molecule has 0 radical (unpaired) electrons. The highest BCUT2D eigenvalue weighted by atomic mass is 35.5. The number of carbonyl (C=O) groups is 1. The molecule has 1 fully saturated rings. The Morgan fingerprint density at radius 3 is 2.54 bits per heavy atom. The van der Waals surface area contributed by atoms with Crippen LogP contribution in [0.5, 0.6) is 5.75 Å². The highest BCUT2D eigenvalue weighted by Gasteiger charge is 2.21. The van der Waals surface area contributed by atoms with Crippen molar-refractivity contribution in [2.24, 2.45) is 11.8 Å². The molecule has 0 aromatic heterocycles. The molecule has 2 unspecified atom stereocenters. The van der Waals surface area contributed by atoms with Crippen molar-refractivity contribution in [3.05, 3.63) is 65.7 Å². The van der Waals surface area contributed by atoms with Gasteiger partial charge in [0.1, 0.15) is 12.4 Å². The molecule has 0 bridgehead atoms. The van der Waals surface area contributed by atoms with Gasteiger partial charge in [0, 0.05) is 13.0 Å². The standard InChI is InChI=1S/C23H30N2O2.ClH/c1-18(21-6-5-13-24-16-21)14-23(26)25-15-19-9-11-20(12-10-19)17-27-22-7-3-2-4-8-22;/h2-4,7-12,18,21,24H,5-6,13-17H2,1H3,(H,25,26);1H. The molecule has 1 amide bonds. The predicted octanol–water partition coefficient (Wildman–Crippen LogP) is 4.33. The van der Waals surface area contributed by atoms with E-state index in [-0.39, 0.29) is 18.3 Å². The number of ether oxygens (including phenoxy) is 1. The van der Waals surface area contributed by atoms with E-state index in [2.05, 4.69) is 41.8 Å². The molecular formula is C23H31ClN2O2. The van der Waals surface area contributed by atoms with E-state index in [0.29, 0.717) is 31.4 Å². The minimum absolute atomic E-state index is 0. The molecule has 5 heteroatoms. The van der Waals surface area contributed by atoms with Crippen molar-refractivity contribution in [3.8, 4) is 5.75 Å². The van der Waals surface area contributed by atoms with Crippen LogP contribution < -0.4 is 15.4 Å². The number of benzene rings is 2. The Kier molecular flexibility index (Phi) is 9.32. The van der Waals surface area contributed by atoms with Gasteiger partial charge in [-0.05, 0) is 61.0 Å². The summed E-state index contributed by atoms with van der Waals surface area (Å²) >= 11 is 0. The number of rotatable bonds is 8. The van der Waals surface area contributed by atoms with Gasteiger partial charge in [0.05, 0.1) is 0 Å². The number of hydrogen-bond acceptors (Lipinski definition) is 3. The van der Waals surface area contributed by atoms with Crippen molar-refractivity contribution in [1.29, 1.82) is 0 Å². The van der Waals surface area contributed by atoms with Crippen LogP contribution in [-0.2, 0) is 17.9 Å². The van der Waals surface area contributed by atoms with Crippen molar-refractivity contribution < 1.29 is 9.53 Å². The monoisotopic (exact) mass is 402 g/mol. The largest absolute Gasteiger partial charge is 0.489 e. The Hall–Kier alpha value is -2.04. The molecule has 2 aromatic rings. The molecule has 0 saturated carbocycles. The lowest BCUT2D eigenvalue weighted by molar-refractivity contribution is -0.122. The highest BCUT2D eigenvalue weighted by molar-refractivity contribution is 5.85. The number of halogens is 1. The second kappa shape index (κ2) is 11.7. The lowest BCUT2D eigenvalue weighted by Crippen LogP contribution is -2.35. The van der Waals surface area contributed by atoms with E-state index in [1.165, 1.54) is 12.8 Å². The molecule has 4 nitrogen and oxygen atoms in total. The predicted molar refractivity (Wildman–Crippen MR) is 116 cm³/mol. The topological polar surface area (TPSA) is 50.4 Å². The maximum atomic E-state index is 12.2. The average Bonchev–Trinajstić information content (AvgIpc) is 2.73. The summed E-state index contributed by atoms with van der Waals surface area (Å²) < 4.78 is 5.76. The van der Waals surface area contributed by atoms with Crippen LogP contribution in [-0.4, -0.2) is 19.0 Å². The van der Waals surface area contributed by atoms with Gasteiger partial charge in [-0.15, -0.1) is 12.4 Å². The van der Waals surface area contributed by atoms with Gasteiger partial charge in [-0.3, -0.25) is 4.79 Å². The summed E-state index contributed by atoms with van der Waals surface area (Å²) in [5.74, 6) is 2.06.